The SMILES string of the molecule is COC(=O)NCc1cc(C(=O)n2cnc3c(N)cccc32)ccn1. The molecule has 2 aromatic heterocycles. The number of para-hydroxylation sites is 1. The number of methoxy groups -OCH3 is 1. The van der Waals surface area contributed by atoms with Crippen LogP contribution in [0.15, 0.2) is 42.9 Å². The zero-order valence-corrected chi connectivity index (χ0v) is 12.9. The first-order chi connectivity index (χ1) is 11.6. The van der Waals surface area contributed by atoms with Crippen molar-refractivity contribution in [2.45, 2.75) is 6.54 Å². The third-order valence-corrected chi connectivity index (χ3v) is 3.49. The van der Waals surface area contributed by atoms with Gasteiger partial charge in [-0.3, -0.25) is 14.3 Å². The number of alkyl carbamates (subject to hydrolysis) is 1. The summed E-state index contributed by atoms with van der Waals surface area (Å²) in [7, 11) is 1.28. The molecule has 8 nitrogen and oxygen atoms in total. The Bertz CT molecular complexity index is 919. The number of hydrogen-bond acceptors (Lipinski definition) is 6. The van der Waals surface area contributed by atoms with Crippen LogP contribution in [0, 0.1) is 0 Å². The van der Waals surface area contributed by atoms with Gasteiger partial charge in [-0.15, -0.1) is 0 Å². The third kappa shape index (κ3) is 2.89. The van der Waals surface area contributed by atoms with Crippen LogP contribution in [-0.2, 0) is 11.3 Å². The van der Waals surface area contributed by atoms with Crippen molar-refractivity contribution in [3.05, 3.63) is 54.1 Å². The number of benzene rings is 1. The second kappa shape index (κ2) is 6.37. The maximum Gasteiger partial charge on any atom is 0.407 e. The van der Waals surface area contributed by atoms with E-state index in [2.05, 4.69) is 20.0 Å². The summed E-state index contributed by atoms with van der Waals surface area (Å²) >= 11 is 0. The van der Waals surface area contributed by atoms with E-state index in [1.165, 1.54) is 24.2 Å². The van der Waals surface area contributed by atoms with E-state index in [-0.39, 0.29) is 12.5 Å². The van der Waals surface area contributed by atoms with E-state index in [4.69, 9.17) is 5.73 Å². The van der Waals surface area contributed by atoms with Crippen molar-refractivity contribution in [3.8, 4) is 0 Å². The molecule has 3 rings (SSSR count). The van der Waals surface area contributed by atoms with E-state index in [0.717, 1.165) is 0 Å². The molecule has 122 valence electrons. The van der Waals surface area contributed by atoms with Gasteiger partial charge in [0, 0.05) is 11.8 Å². The number of amides is 1. The molecule has 1 amide bonds. The largest absolute Gasteiger partial charge is 0.453 e. The standard InChI is InChI=1S/C16H15N5O3/c1-24-16(23)19-8-11-7-10(5-6-18-11)15(22)21-9-20-14-12(17)3-2-4-13(14)21/h2-7,9H,8,17H2,1H3,(H,19,23). The van der Waals surface area contributed by atoms with Gasteiger partial charge in [0.2, 0.25) is 0 Å². The van der Waals surface area contributed by atoms with Gasteiger partial charge in [0.25, 0.3) is 5.91 Å². The van der Waals surface area contributed by atoms with E-state index >= 15 is 0 Å². The van der Waals surface area contributed by atoms with Gasteiger partial charge < -0.3 is 15.8 Å². The Morgan fingerprint density at radius 1 is 1.29 bits per heavy atom. The molecule has 0 unspecified atom stereocenters. The normalized spacial score (nSPS) is 10.5. The summed E-state index contributed by atoms with van der Waals surface area (Å²) in [5, 5.41) is 2.52. The van der Waals surface area contributed by atoms with E-state index < -0.39 is 6.09 Å². The average Bonchev–Trinajstić information content (AvgIpc) is 3.04. The molecule has 0 aliphatic rings. The molecule has 0 radical (unpaired) electrons. The predicted molar refractivity (Wildman–Crippen MR) is 87.4 cm³/mol. The number of anilines is 1. The molecule has 2 heterocycles. The van der Waals surface area contributed by atoms with Crippen LogP contribution >= 0.6 is 0 Å². The van der Waals surface area contributed by atoms with Crippen molar-refractivity contribution in [1.82, 2.24) is 19.9 Å². The second-order valence-electron chi connectivity index (χ2n) is 5.02. The van der Waals surface area contributed by atoms with Crippen LogP contribution in [0.5, 0.6) is 0 Å². The number of rotatable bonds is 3. The minimum absolute atomic E-state index is 0.158. The Hall–Kier alpha value is -3.42. The molecule has 8 heteroatoms. The molecule has 0 spiro atoms. The summed E-state index contributed by atoms with van der Waals surface area (Å²) in [5.74, 6) is -0.259. The maximum absolute atomic E-state index is 12.7. The van der Waals surface area contributed by atoms with Gasteiger partial charge >= 0.3 is 6.09 Å². The second-order valence-corrected chi connectivity index (χ2v) is 5.02. The van der Waals surface area contributed by atoms with Gasteiger partial charge in [-0.1, -0.05) is 6.07 Å². The Labute approximate surface area is 137 Å². The number of nitrogens with one attached hydrogen (secondary N) is 1. The minimum atomic E-state index is -0.565. The highest BCUT2D eigenvalue weighted by Gasteiger charge is 2.14. The summed E-state index contributed by atoms with van der Waals surface area (Å²) in [6.45, 7) is 0.158. The van der Waals surface area contributed by atoms with Crippen LogP contribution in [-0.4, -0.2) is 33.6 Å². The summed E-state index contributed by atoms with van der Waals surface area (Å²) in [6.07, 6.45) is 2.38. The minimum Gasteiger partial charge on any atom is -0.453 e. The van der Waals surface area contributed by atoms with Gasteiger partial charge in [0.15, 0.2) is 0 Å². The monoisotopic (exact) mass is 325 g/mol. The predicted octanol–water partition coefficient (Wildman–Crippen LogP) is 1.56. The lowest BCUT2D eigenvalue weighted by molar-refractivity contribution is 0.0964. The zero-order valence-electron chi connectivity index (χ0n) is 12.9. The van der Waals surface area contributed by atoms with Crippen LogP contribution in [0.1, 0.15) is 16.1 Å². The molecule has 0 atom stereocenters. The average molecular weight is 325 g/mol. The highest BCUT2D eigenvalue weighted by molar-refractivity contribution is 6.02. The first-order valence-corrected chi connectivity index (χ1v) is 7.13. The lowest BCUT2D eigenvalue weighted by Crippen LogP contribution is -2.23. The molecule has 0 saturated heterocycles. The smallest absolute Gasteiger partial charge is 0.407 e. The van der Waals surface area contributed by atoms with Crippen LogP contribution in [0.2, 0.25) is 0 Å². The fraction of sp³-hybridized carbons (Fsp3) is 0.125. The van der Waals surface area contributed by atoms with Crippen molar-refractivity contribution >= 4 is 28.7 Å². The van der Waals surface area contributed by atoms with Crippen LogP contribution in [0.3, 0.4) is 0 Å². The highest BCUT2D eigenvalue weighted by Crippen LogP contribution is 2.20. The summed E-state index contributed by atoms with van der Waals surface area (Å²) in [4.78, 5) is 32.1. The molecule has 0 aliphatic heterocycles. The van der Waals surface area contributed by atoms with Gasteiger partial charge in [0.1, 0.15) is 11.8 Å². The summed E-state index contributed by atoms with van der Waals surface area (Å²) in [5.41, 5.74) is 8.54. The maximum atomic E-state index is 12.7. The van der Waals surface area contributed by atoms with E-state index in [0.29, 0.717) is 28.0 Å². The van der Waals surface area contributed by atoms with Gasteiger partial charge in [-0.05, 0) is 24.3 Å². The third-order valence-electron chi connectivity index (χ3n) is 3.49. The highest BCUT2D eigenvalue weighted by atomic mass is 16.5. The van der Waals surface area contributed by atoms with Gasteiger partial charge in [0.05, 0.1) is 30.6 Å². The lowest BCUT2D eigenvalue weighted by atomic mass is 10.2. The fourth-order valence-electron chi connectivity index (χ4n) is 2.31. The Morgan fingerprint density at radius 3 is 2.92 bits per heavy atom. The number of nitrogen functional groups attached to an aromatic ring is 1. The number of hydrogen-bond donors (Lipinski definition) is 2. The molecule has 3 N–H and O–H groups in total. The molecule has 0 fully saturated rings. The van der Waals surface area contributed by atoms with Gasteiger partial charge in [-0.25, -0.2) is 9.78 Å². The quantitative estimate of drug-likeness (QED) is 0.707. The molecular formula is C16H15N5O3. The van der Waals surface area contributed by atoms with Crippen LogP contribution < -0.4 is 11.1 Å². The number of carbonyl (C=O) groups is 2. The Morgan fingerprint density at radius 2 is 2.12 bits per heavy atom. The number of aromatic nitrogens is 3. The first-order valence-electron chi connectivity index (χ1n) is 7.13. The van der Waals surface area contributed by atoms with Crippen molar-refractivity contribution < 1.29 is 14.3 Å². The van der Waals surface area contributed by atoms with Crippen molar-refractivity contribution in [2.24, 2.45) is 0 Å². The molecular weight excluding hydrogens is 310 g/mol. The number of nitrogens with zero attached hydrogens (tertiary/aromatic N) is 3. The molecule has 24 heavy (non-hydrogen) atoms. The van der Waals surface area contributed by atoms with Crippen LogP contribution in [0.25, 0.3) is 11.0 Å². The number of ether oxygens (including phenoxy) is 1. The molecule has 0 aliphatic carbocycles. The number of imidazole rings is 1. The molecule has 0 bridgehead atoms. The first kappa shape index (κ1) is 15.5. The topological polar surface area (TPSA) is 112 Å². The number of pyridine rings is 1. The fourth-order valence-corrected chi connectivity index (χ4v) is 2.31. The molecule has 1 aromatic carbocycles. The molecule has 3 aromatic rings. The van der Waals surface area contributed by atoms with Crippen molar-refractivity contribution in [3.63, 3.8) is 0 Å². The Balaban J connectivity index is 1.89. The van der Waals surface area contributed by atoms with Crippen molar-refractivity contribution in [2.75, 3.05) is 12.8 Å². The number of fused-ring (bicyclic) bond motifs is 1. The van der Waals surface area contributed by atoms with Crippen LogP contribution in [0.4, 0.5) is 10.5 Å². The zero-order chi connectivity index (χ0) is 17.1. The van der Waals surface area contributed by atoms with Crippen molar-refractivity contribution in [1.29, 1.82) is 0 Å². The van der Waals surface area contributed by atoms with E-state index in [1.54, 1.807) is 30.3 Å². The Kier molecular flexibility index (Phi) is 4.11. The van der Waals surface area contributed by atoms with Gasteiger partial charge in [-0.2, -0.15) is 0 Å². The lowest BCUT2D eigenvalue weighted by Gasteiger charge is -2.06. The summed E-state index contributed by atoms with van der Waals surface area (Å²) in [6, 6.07) is 8.48. The number of carbonyl (C=O) groups excluding carboxylic acids is 2. The number of nitrogens with two attached hydrogens (primary N) is 1. The van der Waals surface area contributed by atoms with E-state index in [1.807, 2.05) is 0 Å². The molecule has 0 saturated carbocycles. The summed E-state index contributed by atoms with van der Waals surface area (Å²) < 4.78 is 5.93. The van der Waals surface area contributed by atoms with E-state index in [9.17, 15) is 9.59 Å².